The summed E-state index contributed by atoms with van der Waals surface area (Å²) in [5, 5.41) is 0. The summed E-state index contributed by atoms with van der Waals surface area (Å²) in [6, 6.07) is -0.468. The summed E-state index contributed by atoms with van der Waals surface area (Å²) < 4.78 is 29.5. The molecule has 1 aliphatic heterocycles. The second kappa shape index (κ2) is 4.07. The van der Waals surface area contributed by atoms with E-state index in [-0.39, 0.29) is 19.0 Å². The van der Waals surface area contributed by atoms with Crippen molar-refractivity contribution in [1.82, 2.24) is 4.72 Å². The molecule has 1 amide bonds. The molecule has 0 aromatic heterocycles. The highest BCUT2D eigenvalue weighted by atomic mass is 32.2. The molecule has 0 saturated carbocycles. The van der Waals surface area contributed by atoms with Crippen LogP contribution in [0.5, 0.6) is 0 Å². The molecule has 1 saturated heterocycles. The molecule has 2 atom stereocenters. The molecule has 1 aliphatic rings. The molecular weight excluding hydrogens is 220 g/mol. The van der Waals surface area contributed by atoms with Crippen molar-refractivity contribution in [3.05, 3.63) is 0 Å². The molecule has 6 nitrogen and oxygen atoms in total. The Balaban J connectivity index is 2.77. The number of nitrogens with two attached hydrogens (primary N) is 1. The van der Waals surface area contributed by atoms with Gasteiger partial charge in [0, 0.05) is 6.04 Å². The fourth-order valence-corrected chi connectivity index (χ4v) is 1.91. The van der Waals surface area contributed by atoms with Gasteiger partial charge in [0.1, 0.15) is 0 Å². The van der Waals surface area contributed by atoms with E-state index >= 15 is 0 Å². The molecule has 0 aromatic carbocycles. The topological polar surface area (TPSA) is 98.5 Å². The lowest BCUT2D eigenvalue weighted by atomic mass is 9.85. The van der Waals surface area contributed by atoms with Crippen LogP contribution in [0, 0.1) is 5.41 Å². The SMILES string of the molecule is CCS(=O)(=O)NC(=O)C1(C)COCC1N. The van der Waals surface area contributed by atoms with Crippen LogP contribution in [0.2, 0.25) is 0 Å². The zero-order valence-corrected chi connectivity index (χ0v) is 9.63. The maximum atomic E-state index is 11.7. The largest absolute Gasteiger partial charge is 0.379 e. The molecule has 3 N–H and O–H groups in total. The quantitative estimate of drug-likeness (QED) is 0.642. The van der Waals surface area contributed by atoms with Gasteiger partial charge in [0.2, 0.25) is 15.9 Å². The van der Waals surface area contributed by atoms with Gasteiger partial charge in [0.25, 0.3) is 0 Å². The van der Waals surface area contributed by atoms with Crippen molar-refractivity contribution in [3.8, 4) is 0 Å². The number of sulfonamides is 1. The summed E-state index contributed by atoms with van der Waals surface area (Å²) in [7, 11) is -3.53. The van der Waals surface area contributed by atoms with E-state index in [1.54, 1.807) is 6.92 Å². The Labute approximate surface area is 89.2 Å². The predicted molar refractivity (Wildman–Crippen MR) is 54.5 cm³/mol. The fraction of sp³-hybridized carbons (Fsp3) is 0.875. The van der Waals surface area contributed by atoms with Gasteiger partial charge in [0.05, 0.1) is 24.4 Å². The Hall–Kier alpha value is -0.660. The minimum absolute atomic E-state index is 0.134. The first-order valence-electron chi connectivity index (χ1n) is 4.70. The number of nitrogens with one attached hydrogen (secondary N) is 1. The van der Waals surface area contributed by atoms with E-state index < -0.39 is 27.4 Å². The lowest BCUT2D eigenvalue weighted by Crippen LogP contribution is -2.51. The third-order valence-corrected chi connectivity index (χ3v) is 3.92. The van der Waals surface area contributed by atoms with Crippen molar-refractivity contribution in [1.29, 1.82) is 0 Å². The van der Waals surface area contributed by atoms with Crippen molar-refractivity contribution in [2.24, 2.45) is 11.1 Å². The fourth-order valence-electron chi connectivity index (χ4n) is 1.25. The summed E-state index contributed by atoms with van der Waals surface area (Å²) in [5.41, 5.74) is 4.74. The lowest BCUT2D eigenvalue weighted by molar-refractivity contribution is -0.128. The third-order valence-electron chi connectivity index (χ3n) is 2.66. The van der Waals surface area contributed by atoms with Gasteiger partial charge in [0.15, 0.2) is 0 Å². The van der Waals surface area contributed by atoms with Crippen molar-refractivity contribution in [2.75, 3.05) is 19.0 Å². The molecular formula is C8H16N2O4S. The maximum Gasteiger partial charge on any atom is 0.243 e. The average molecular weight is 236 g/mol. The molecule has 1 fully saturated rings. The third kappa shape index (κ3) is 2.47. The van der Waals surface area contributed by atoms with E-state index in [1.165, 1.54) is 6.92 Å². The van der Waals surface area contributed by atoms with Gasteiger partial charge in [-0.3, -0.25) is 9.52 Å². The summed E-state index contributed by atoms with van der Waals surface area (Å²) in [6.45, 7) is 3.49. The standard InChI is InChI=1S/C8H16N2O4S/c1-3-15(12,13)10-7(11)8(2)5-14-4-6(8)9/h6H,3-5,9H2,1-2H3,(H,10,11). The Morgan fingerprint density at radius 1 is 1.67 bits per heavy atom. The van der Waals surface area contributed by atoms with E-state index in [1.807, 2.05) is 4.72 Å². The Kier molecular flexibility index (Phi) is 3.37. The molecule has 2 unspecified atom stereocenters. The van der Waals surface area contributed by atoms with E-state index in [0.717, 1.165) is 0 Å². The Morgan fingerprint density at radius 3 is 2.67 bits per heavy atom. The van der Waals surface area contributed by atoms with Crippen molar-refractivity contribution in [3.63, 3.8) is 0 Å². The molecule has 15 heavy (non-hydrogen) atoms. The van der Waals surface area contributed by atoms with Gasteiger partial charge in [-0.15, -0.1) is 0 Å². The monoisotopic (exact) mass is 236 g/mol. The zero-order chi connectivity index (χ0) is 11.7. The van der Waals surface area contributed by atoms with Crippen LogP contribution in [0.25, 0.3) is 0 Å². The van der Waals surface area contributed by atoms with Gasteiger partial charge in [-0.2, -0.15) is 0 Å². The summed E-state index contributed by atoms with van der Waals surface area (Å²) in [6.07, 6.45) is 0. The Morgan fingerprint density at radius 2 is 2.27 bits per heavy atom. The second-order valence-electron chi connectivity index (χ2n) is 3.87. The van der Waals surface area contributed by atoms with Crippen LogP contribution < -0.4 is 10.5 Å². The van der Waals surface area contributed by atoms with Crippen molar-refractivity contribution < 1.29 is 17.9 Å². The van der Waals surface area contributed by atoms with Crippen LogP contribution in [-0.2, 0) is 19.6 Å². The smallest absolute Gasteiger partial charge is 0.243 e. The summed E-state index contributed by atoms with van der Waals surface area (Å²) in [4.78, 5) is 11.7. The van der Waals surface area contributed by atoms with Crippen molar-refractivity contribution in [2.45, 2.75) is 19.9 Å². The number of rotatable bonds is 3. The highest BCUT2D eigenvalue weighted by Gasteiger charge is 2.45. The van der Waals surface area contributed by atoms with E-state index in [4.69, 9.17) is 10.5 Å². The molecule has 7 heteroatoms. The normalized spacial score (nSPS) is 31.5. The van der Waals surface area contributed by atoms with Gasteiger partial charge in [-0.05, 0) is 13.8 Å². The van der Waals surface area contributed by atoms with E-state index in [9.17, 15) is 13.2 Å². The maximum absolute atomic E-state index is 11.7. The van der Waals surface area contributed by atoms with Crippen LogP contribution in [-0.4, -0.2) is 39.3 Å². The summed E-state index contributed by atoms with van der Waals surface area (Å²) >= 11 is 0. The number of carbonyl (C=O) groups excluding carboxylic acids is 1. The Bertz CT molecular complexity index is 354. The number of carbonyl (C=O) groups is 1. The first-order valence-corrected chi connectivity index (χ1v) is 6.35. The number of hydrogen-bond donors (Lipinski definition) is 2. The number of amides is 1. The zero-order valence-electron chi connectivity index (χ0n) is 8.82. The molecule has 0 spiro atoms. The highest BCUT2D eigenvalue weighted by molar-refractivity contribution is 7.90. The van der Waals surface area contributed by atoms with E-state index in [2.05, 4.69) is 0 Å². The van der Waals surface area contributed by atoms with Gasteiger partial charge in [-0.1, -0.05) is 0 Å². The first kappa shape index (κ1) is 12.4. The van der Waals surface area contributed by atoms with Gasteiger partial charge in [-0.25, -0.2) is 8.42 Å². The second-order valence-corrected chi connectivity index (χ2v) is 5.88. The molecule has 1 heterocycles. The average Bonchev–Trinajstić information content (AvgIpc) is 2.48. The first-order chi connectivity index (χ1) is 6.82. The van der Waals surface area contributed by atoms with Crippen LogP contribution in [0.4, 0.5) is 0 Å². The van der Waals surface area contributed by atoms with Crippen molar-refractivity contribution >= 4 is 15.9 Å². The van der Waals surface area contributed by atoms with Crippen LogP contribution in [0.15, 0.2) is 0 Å². The predicted octanol–water partition coefficient (Wildman–Crippen LogP) is -1.18. The van der Waals surface area contributed by atoms with Crippen LogP contribution >= 0.6 is 0 Å². The number of ether oxygens (including phenoxy) is 1. The molecule has 0 bridgehead atoms. The van der Waals surface area contributed by atoms with Gasteiger partial charge >= 0.3 is 0 Å². The number of hydrogen-bond acceptors (Lipinski definition) is 5. The van der Waals surface area contributed by atoms with Gasteiger partial charge < -0.3 is 10.5 Å². The minimum atomic E-state index is -3.53. The summed E-state index contributed by atoms with van der Waals surface area (Å²) in [5.74, 6) is -0.723. The highest BCUT2D eigenvalue weighted by Crippen LogP contribution is 2.27. The van der Waals surface area contributed by atoms with E-state index in [0.29, 0.717) is 0 Å². The molecule has 1 rings (SSSR count). The minimum Gasteiger partial charge on any atom is -0.379 e. The van der Waals surface area contributed by atoms with Crippen LogP contribution in [0.1, 0.15) is 13.8 Å². The molecule has 88 valence electrons. The lowest BCUT2D eigenvalue weighted by Gasteiger charge is -2.24. The molecule has 0 aromatic rings. The molecule has 0 aliphatic carbocycles. The van der Waals surface area contributed by atoms with Crippen LogP contribution in [0.3, 0.4) is 0 Å². The molecule has 0 radical (unpaired) electrons.